The van der Waals surface area contributed by atoms with Crippen LogP contribution in [0.5, 0.6) is 11.5 Å². The zero-order valence-corrected chi connectivity index (χ0v) is 19.0. The summed E-state index contributed by atoms with van der Waals surface area (Å²) in [6, 6.07) is 4.19. The van der Waals surface area contributed by atoms with E-state index in [9.17, 15) is 19.2 Å². The van der Waals surface area contributed by atoms with Gasteiger partial charge in [0, 0.05) is 12.8 Å². The Bertz CT molecular complexity index is 845. The average Bonchev–Trinajstić information content (AvgIpc) is 2.73. The predicted octanol–water partition coefficient (Wildman–Crippen LogP) is 2.37. The van der Waals surface area contributed by atoms with Crippen molar-refractivity contribution in [3.8, 4) is 11.5 Å². The molecule has 0 saturated heterocycles. The lowest BCUT2D eigenvalue weighted by atomic mass is 9.88. The van der Waals surface area contributed by atoms with Crippen molar-refractivity contribution >= 4 is 24.2 Å². The van der Waals surface area contributed by atoms with Crippen LogP contribution in [0.2, 0.25) is 0 Å². The third-order valence-corrected chi connectivity index (χ3v) is 4.23. The standard InChI is InChI=1S/C21H29NO10/c1-20(2,3)16(23)30-10-9-21(22,17(24)27-4)12-13-7-8-14(31-18(25)28-5)15(11-13)32-19(26)29-6/h7-8,11H,9-10,12,22H2,1-6H3/t21-/m1/s1. The summed E-state index contributed by atoms with van der Waals surface area (Å²) < 4.78 is 28.9. The van der Waals surface area contributed by atoms with Gasteiger partial charge in [0.1, 0.15) is 5.54 Å². The number of esters is 2. The average molecular weight is 455 g/mol. The first-order valence-corrected chi connectivity index (χ1v) is 9.55. The van der Waals surface area contributed by atoms with Crippen LogP contribution in [-0.4, -0.2) is 57.7 Å². The van der Waals surface area contributed by atoms with Crippen molar-refractivity contribution in [3.63, 3.8) is 0 Å². The molecule has 1 rings (SSSR count). The molecule has 2 N–H and O–H groups in total. The van der Waals surface area contributed by atoms with Gasteiger partial charge in [0.05, 0.1) is 33.4 Å². The molecule has 0 aliphatic carbocycles. The van der Waals surface area contributed by atoms with Crippen molar-refractivity contribution in [2.75, 3.05) is 27.9 Å². The largest absolute Gasteiger partial charge is 0.513 e. The van der Waals surface area contributed by atoms with Crippen molar-refractivity contribution in [3.05, 3.63) is 23.8 Å². The molecule has 11 heteroatoms. The van der Waals surface area contributed by atoms with Gasteiger partial charge in [-0.25, -0.2) is 9.59 Å². The summed E-state index contributed by atoms with van der Waals surface area (Å²) >= 11 is 0. The zero-order chi connectivity index (χ0) is 24.5. The number of carbonyl (C=O) groups is 4. The van der Waals surface area contributed by atoms with E-state index in [0.29, 0.717) is 5.56 Å². The molecule has 1 atom stereocenters. The highest BCUT2D eigenvalue weighted by molar-refractivity contribution is 5.81. The van der Waals surface area contributed by atoms with E-state index in [1.807, 2.05) is 0 Å². The summed E-state index contributed by atoms with van der Waals surface area (Å²) in [4.78, 5) is 47.4. The monoisotopic (exact) mass is 455 g/mol. The normalized spacial score (nSPS) is 12.7. The molecule has 1 aromatic carbocycles. The van der Waals surface area contributed by atoms with Gasteiger partial charge in [0.2, 0.25) is 0 Å². The lowest BCUT2D eigenvalue weighted by molar-refractivity contribution is -0.156. The molecule has 178 valence electrons. The second-order valence-electron chi connectivity index (χ2n) is 7.85. The summed E-state index contributed by atoms with van der Waals surface area (Å²) in [5.74, 6) is -1.45. The number of hydrogen-bond acceptors (Lipinski definition) is 11. The Balaban J connectivity index is 3.13. The summed E-state index contributed by atoms with van der Waals surface area (Å²) in [6.45, 7) is 4.99. The van der Waals surface area contributed by atoms with Crippen LogP contribution in [0.3, 0.4) is 0 Å². The minimum Gasteiger partial charge on any atom is -0.468 e. The number of carbonyl (C=O) groups excluding carboxylic acids is 4. The van der Waals surface area contributed by atoms with Crippen LogP contribution in [0, 0.1) is 5.41 Å². The molecule has 0 bridgehead atoms. The van der Waals surface area contributed by atoms with Crippen LogP contribution >= 0.6 is 0 Å². The molecule has 1 aromatic rings. The van der Waals surface area contributed by atoms with Crippen molar-refractivity contribution in [2.45, 2.75) is 39.2 Å². The van der Waals surface area contributed by atoms with Crippen LogP contribution in [0.1, 0.15) is 32.8 Å². The van der Waals surface area contributed by atoms with Gasteiger partial charge in [-0.05, 0) is 38.5 Å². The maximum atomic E-state index is 12.4. The van der Waals surface area contributed by atoms with Crippen molar-refractivity contribution in [2.24, 2.45) is 11.1 Å². The fourth-order valence-corrected chi connectivity index (χ4v) is 2.46. The number of methoxy groups -OCH3 is 3. The minimum atomic E-state index is -1.56. The third-order valence-electron chi connectivity index (χ3n) is 4.23. The Hall–Kier alpha value is -3.34. The van der Waals surface area contributed by atoms with Crippen LogP contribution < -0.4 is 15.2 Å². The molecule has 0 radical (unpaired) electrons. The maximum Gasteiger partial charge on any atom is 0.513 e. The maximum absolute atomic E-state index is 12.4. The highest BCUT2D eigenvalue weighted by Gasteiger charge is 2.36. The molecular weight excluding hydrogens is 426 g/mol. The Morgan fingerprint density at radius 1 is 0.844 bits per heavy atom. The fraction of sp³-hybridized carbons (Fsp3) is 0.524. The molecule has 0 aromatic heterocycles. The van der Waals surface area contributed by atoms with E-state index >= 15 is 0 Å². The lowest BCUT2D eigenvalue weighted by Crippen LogP contribution is -2.51. The molecular formula is C21H29NO10. The van der Waals surface area contributed by atoms with Crippen LogP contribution in [0.15, 0.2) is 18.2 Å². The van der Waals surface area contributed by atoms with Crippen molar-refractivity contribution < 1.29 is 47.6 Å². The molecule has 0 saturated carbocycles. The van der Waals surface area contributed by atoms with Crippen LogP contribution in [0.25, 0.3) is 0 Å². The quantitative estimate of drug-likeness (QED) is 0.349. The van der Waals surface area contributed by atoms with Crippen molar-refractivity contribution in [1.82, 2.24) is 0 Å². The minimum absolute atomic E-state index is 0.0326. The second-order valence-corrected chi connectivity index (χ2v) is 7.85. The van der Waals surface area contributed by atoms with Gasteiger partial charge in [-0.1, -0.05) is 6.07 Å². The Labute approximate surface area is 186 Å². The molecule has 0 amide bonds. The molecule has 0 spiro atoms. The Morgan fingerprint density at radius 2 is 1.41 bits per heavy atom. The van der Waals surface area contributed by atoms with Crippen LogP contribution in [0.4, 0.5) is 9.59 Å². The molecule has 0 fully saturated rings. The smallest absolute Gasteiger partial charge is 0.468 e. The first-order valence-electron chi connectivity index (χ1n) is 9.55. The van der Waals surface area contributed by atoms with E-state index in [2.05, 4.69) is 9.47 Å². The van der Waals surface area contributed by atoms with Gasteiger partial charge in [0.25, 0.3) is 0 Å². The highest BCUT2D eigenvalue weighted by Crippen LogP contribution is 2.31. The summed E-state index contributed by atoms with van der Waals surface area (Å²) in [5, 5.41) is 0. The number of ether oxygens (including phenoxy) is 6. The first-order chi connectivity index (χ1) is 14.9. The number of rotatable bonds is 8. The number of benzene rings is 1. The number of hydrogen-bond donors (Lipinski definition) is 1. The second kappa shape index (κ2) is 11.3. The van der Waals surface area contributed by atoms with E-state index in [0.717, 1.165) is 14.2 Å². The van der Waals surface area contributed by atoms with E-state index in [1.165, 1.54) is 25.3 Å². The Morgan fingerprint density at radius 3 is 1.91 bits per heavy atom. The molecule has 0 unspecified atom stereocenters. The SMILES string of the molecule is COC(=O)Oc1ccc(C[C@](N)(CCOC(=O)C(C)(C)C)C(=O)OC)cc1OC(=O)OC. The first kappa shape index (κ1) is 26.7. The van der Waals surface area contributed by atoms with Gasteiger partial charge >= 0.3 is 24.2 Å². The topological polar surface area (TPSA) is 150 Å². The van der Waals surface area contributed by atoms with Gasteiger partial charge in [-0.15, -0.1) is 0 Å². The van der Waals surface area contributed by atoms with Crippen molar-refractivity contribution in [1.29, 1.82) is 0 Å². The zero-order valence-electron chi connectivity index (χ0n) is 19.0. The lowest BCUT2D eigenvalue weighted by Gasteiger charge is -2.27. The van der Waals surface area contributed by atoms with E-state index in [1.54, 1.807) is 20.8 Å². The molecule has 32 heavy (non-hydrogen) atoms. The summed E-state index contributed by atoms with van der Waals surface area (Å²) in [7, 11) is 3.40. The van der Waals surface area contributed by atoms with Crippen LogP contribution in [-0.2, 0) is 35.0 Å². The summed E-state index contributed by atoms with van der Waals surface area (Å²) in [5.41, 5.74) is 4.47. The molecule has 11 nitrogen and oxygen atoms in total. The van der Waals surface area contributed by atoms with Gasteiger partial charge in [0.15, 0.2) is 11.5 Å². The van der Waals surface area contributed by atoms with E-state index in [-0.39, 0.29) is 30.9 Å². The van der Waals surface area contributed by atoms with E-state index < -0.39 is 35.2 Å². The van der Waals surface area contributed by atoms with Gasteiger partial charge in [-0.2, -0.15) is 0 Å². The molecule has 0 heterocycles. The molecule has 0 aliphatic heterocycles. The number of nitrogens with two attached hydrogens (primary N) is 1. The van der Waals surface area contributed by atoms with Gasteiger partial charge in [-0.3, -0.25) is 9.59 Å². The molecule has 0 aliphatic rings. The highest BCUT2D eigenvalue weighted by atomic mass is 16.7. The van der Waals surface area contributed by atoms with Gasteiger partial charge < -0.3 is 34.2 Å². The third kappa shape index (κ3) is 7.73. The predicted molar refractivity (Wildman–Crippen MR) is 110 cm³/mol. The Kier molecular flexibility index (Phi) is 9.45. The fourth-order valence-electron chi connectivity index (χ4n) is 2.46. The summed E-state index contributed by atoms with van der Waals surface area (Å²) in [6.07, 6.45) is -2.19. The van der Waals surface area contributed by atoms with E-state index in [4.69, 9.17) is 24.7 Å².